The van der Waals surface area contributed by atoms with E-state index in [1.807, 2.05) is 24.3 Å². The van der Waals surface area contributed by atoms with Crippen molar-refractivity contribution < 1.29 is 4.79 Å². The Morgan fingerprint density at radius 3 is 2.85 bits per heavy atom. The number of hydrogen-bond donors (Lipinski definition) is 2. The van der Waals surface area contributed by atoms with Crippen molar-refractivity contribution in [3.63, 3.8) is 0 Å². The summed E-state index contributed by atoms with van der Waals surface area (Å²) in [6.07, 6.45) is 5.22. The average molecular weight is 394 g/mol. The average Bonchev–Trinajstić information content (AvgIpc) is 3.40. The fraction of sp³-hybridized carbons (Fsp3) is 0.389. The van der Waals surface area contributed by atoms with E-state index in [4.69, 9.17) is 11.6 Å². The van der Waals surface area contributed by atoms with Gasteiger partial charge in [-0.25, -0.2) is 9.67 Å². The van der Waals surface area contributed by atoms with Crippen molar-refractivity contribution in [2.24, 2.45) is 0 Å². The molecule has 0 saturated heterocycles. The van der Waals surface area contributed by atoms with Crippen molar-refractivity contribution in [2.75, 3.05) is 19.6 Å². The minimum Gasteiger partial charge on any atom is -0.346 e. The Labute approximate surface area is 163 Å². The second-order valence-electron chi connectivity index (χ2n) is 6.43. The summed E-state index contributed by atoms with van der Waals surface area (Å²) >= 11 is 6.30. The van der Waals surface area contributed by atoms with Crippen LogP contribution in [-0.4, -0.2) is 40.3 Å². The zero-order valence-electron chi connectivity index (χ0n) is 14.2. The topological polar surface area (TPSA) is 71.8 Å². The maximum absolute atomic E-state index is 12.5. The third-order valence-electron chi connectivity index (χ3n) is 4.49. The fourth-order valence-corrected chi connectivity index (χ4v) is 3.15. The Bertz CT molecular complexity index is 829. The van der Waals surface area contributed by atoms with Crippen LogP contribution >= 0.6 is 24.0 Å². The lowest BCUT2D eigenvalue weighted by Crippen LogP contribution is -2.30. The van der Waals surface area contributed by atoms with Crippen molar-refractivity contribution in [3.8, 4) is 5.69 Å². The number of para-hydroxylation sites is 1. The first-order valence-electron chi connectivity index (χ1n) is 8.61. The molecular weight excluding hydrogens is 373 g/mol. The van der Waals surface area contributed by atoms with E-state index in [-0.39, 0.29) is 24.1 Å². The number of carbonyl (C=O) groups is 1. The van der Waals surface area contributed by atoms with Crippen LogP contribution in [0.25, 0.3) is 5.69 Å². The quantitative estimate of drug-likeness (QED) is 0.766. The van der Waals surface area contributed by atoms with E-state index in [1.54, 1.807) is 4.68 Å². The van der Waals surface area contributed by atoms with Crippen molar-refractivity contribution in [3.05, 3.63) is 52.6 Å². The van der Waals surface area contributed by atoms with E-state index in [9.17, 15) is 4.79 Å². The Hall–Kier alpha value is -1.89. The van der Waals surface area contributed by atoms with Crippen LogP contribution in [0.5, 0.6) is 0 Å². The number of benzene rings is 1. The lowest BCUT2D eigenvalue weighted by Gasteiger charge is -2.13. The summed E-state index contributed by atoms with van der Waals surface area (Å²) in [5.41, 5.74) is 2.00. The number of halogens is 2. The number of carbonyl (C=O) groups excluding carboxylic acids is 1. The van der Waals surface area contributed by atoms with Gasteiger partial charge in [0.1, 0.15) is 5.82 Å². The van der Waals surface area contributed by atoms with Crippen molar-refractivity contribution in [2.45, 2.75) is 25.2 Å². The van der Waals surface area contributed by atoms with Crippen LogP contribution in [-0.2, 0) is 0 Å². The van der Waals surface area contributed by atoms with Gasteiger partial charge >= 0.3 is 0 Å². The van der Waals surface area contributed by atoms with Crippen molar-refractivity contribution >= 4 is 29.9 Å². The van der Waals surface area contributed by atoms with Crippen LogP contribution in [0.2, 0.25) is 5.02 Å². The highest BCUT2D eigenvalue weighted by atomic mass is 35.5. The highest BCUT2D eigenvalue weighted by Crippen LogP contribution is 2.40. The Morgan fingerprint density at radius 2 is 2.15 bits per heavy atom. The van der Waals surface area contributed by atoms with E-state index >= 15 is 0 Å². The third kappa shape index (κ3) is 4.09. The third-order valence-corrected chi connectivity index (χ3v) is 4.81. The molecule has 0 radical (unpaired) electrons. The first kappa shape index (κ1) is 18.9. The predicted molar refractivity (Wildman–Crippen MR) is 103 cm³/mol. The molecule has 0 bridgehead atoms. The second-order valence-corrected chi connectivity index (χ2v) is 6.84. The van der Waals surface area contributed by atoms with Crippen molar-refractivity contribution in [1.82, 2.24) is 25.4 Å². The number of nitrogens with one attached hydrogen (secondary N) is 2. The molecule has 0 spiro atoms. The van der Waals surface area contributed by atoms with Crippen molar-refractivity contribution in [1.29, 1.82) is 0 Å². The molecule has 0 atom stereocenters. The van der Waals surface area contributed by atoms with E-state index < -0.39 is 0 Å². The highest BCUT2D eigenvalue weighted by Gasteiger charge is 2.32. The van der Waals surface area contributed by atoms with Crippen LogP contribution in [0, 0.1) is 0 Å². The number of amides is 1. The largest absolute Gasteiger partial charge is 0.346 e. The molecular formula is C18H21Cl2N5O. The van der Waals surface area contributed by atoms with Gasteiger partial charge in [0.05, 0.1) is 10.7 Å². The van der Waals surface area contributed by atoms with Gasteiger partial charge in [0, 0.05) is 19.0 Å². The summed E-state index contributed by atoms with van der Waals surface area (Å²) in [6.45, 7) is 2.35. The molecule has 1 aliphatic heterocycles. The minimum atomic E-state index is -0.243. The molecule has 1 saturated carbocycles. The van der Waals surface area contributed by atoms with Gasteiger partial charge in [-0.1, -0.05) is 35.4 Å². The van der Waals surface area contributed by atoms with E-state index in [0.717, 1.165) is 43.9 Å². The van der Waals surface area contributed by atoms with Gasteiger partial charge < -0.3 is 10.6 Å². The van der Waals surface area contributed by atoms with E-state index in [0.29, 0.717) is 17.5 Å². The van der Waals surface area contributed by atoms with Gasteiger partial charge in [-0.2, -0.15) is 0 Å². The molecule has 0 unspecified atom stereocenters. The summed E-state index contributed by atoms with van der Waals surface area (Å²) in [5.74, 6) is 1.14. The number of hydrogen-bond acceptors (Lipinski definition) is 4. The number of aromatic nitrogens is 3. The molecule has 2 N–H and O–H groups in total. The molecule has 1 aromatic carbocycles. The Kier molecular flexibility index (Phi) is 5.96. The van der Waals surface area contributed by atoms with Crippen LogP contribution in [0.1, 0.15) is 41.6 Å². The lowest BCUT2D eigenvalue weighted by atomic mass is 10.1. The predicted octanol–water partition coefficient (Wildman–Crippen LogP) is 2.87. The molecule has 1 aromatic heterocycles. The highest BCUT2D eigenvalue weighted by molar-refractivity contribution is 6.32. The summed E-state index contributed by atoms with van der Waals surface area (Å²) < 4.78 is 1.72. The zero-order chi connectivity index (χ0) is 17.2. The van der Waals surface area contributed by atoms with Gasteiger partial charge in [0.2, 0.25) is 5.82 Å². The molecule has 2 aliphatic rings. The van der Waals surface area contributed by atoms with Crippen LogP contribution < -0.4 is 10.6 Å². The van der Waals surface area contributed by atoms with Crippen LogP contribution in [0.3, 0.4) is 0 Å². The zero-order valence-corrected chi connectivity index (χ0v) is 15.8. The molecule has 1 fully saturated rings. The maximum atomic E-state index is 12.5. The molecule has 138 valence electrons. The lowest BCUT2D eigenvalue weighted by molar-refractivity contribution is 0.0946. The standard InChI is InChI=1S/C18H20ClN5O.ClH/c19-14-3-1-2-4-15(14)24-17(13-5-6-13)22-16(23-24)18(25)21-11-12-7-9-20-10-8-12;/h1-4,7,13,20H,5-6,8-11H2,(H,21,25);1H. The molecule has 1 aliphatic carbocycles. The van der Waals surface area contributed by atoms with Gasteiger partial charge in [-0.05, 0) is 37.9 Å². The number of rotatable bonds is 5. The monoisotopic (exact) mass is 393 g/mol. The van der Waals surface area contributed by atoms with Gasteiger partial charge in [0.15, 0.2) is 0 Å². The maximum Gasteiger partial charge on any atom is 0.291 e. The summed E-state index contributed by atoms with van der Waals surface area (Å²) in [5, 5.41) is 11.2. The Balaban J connectivity index is 0.00000196. The molecule has 2 heterocycles. The molecule has 8 heteroatoms. The molecule has 26 heavy (non-hydrogen) atoms. The molecule has 2 aromatic rings. The van der Waals surface area contributed by atoms with E-state index in [1.165, 1.54) is 5.57 Å². The van der Waals surface area contributed by atoms with Gasteiger partial charge in [-0.15, -0.1) is 17.5 Å². The van der Waals surface area contributed by atoms with E-state index in [2.05, 4.69) is 26.8 Å². The summed E-state index contributed by atoms with van der Waals surface area (Å²) in [7, 11) is 0. The first-order chi connectivity index (χ1) is 12.2. The molecule has 4 rings (SSSR count). The van der Waals surface area contributed by atoms with Crippen LogP contribution in [0.4, 0.5) is 0 Å². The minimum absolute atomic E-state index is 0. The fourth-order valence-electron chi connectivity index (χ4n) is 2.93. The molecule has 6 nitrogen and oxygen atoms in total. The van der Waals surface area contributed by atoms with Gasteiger partial charge in [-0.3, -0.25) is 4.79 Å². The smallest absolute Gasteiger partial charge is 0.291 e. The SMILES string of the molecule is Cl.O=C(NCC1=CCNCC1)c1nc(C2CC2)n(-c2ccccc2Cl)n1. The first-order valence-corrected chi connectivity index (χ1v) is 8.99. The normalized spacial score (nSPS) is 16.6. The van der Waals surface area contributed by atoms with Gasteiger partial charge in [0.25, 0.3) is 5.91 Å². The Morgan fingerprint density at radius 1 is 1.35 bits per heavy atom. The van der Waals surface area contributed by atoms with Crippen LogP contribution in [0.15, 0.2) is 35.9 Å². The molecule has 1 amide bonds. The summed E-state index contributed by atoms with van der Waals surface area (Å²) in [4.78, 5) is 17.0. The summed E-state index contributed by atoms with van der Waals surface area (Å²) in [6, 6.07) is 7.49. The number of nitrogens with zero attached hydrogens (tertiary/aromatic N) is 3. The second kappa shape index (κ2) is 8.20.